The molecule has 0 saturated heterocycles. The second-order valence-electron chi connectivity index (χ2n) is 2.44. The van der Waals surface area contributed by atoms with E-state index in [0.29, 0.717) is 0 Å². The van der Waals surface area contributed by atoms with Crippen LogP contribution in [-0.2, 0) is 0 Å². The van der Waals surface area contributed by atoms with Crippen LogP contribution in [-0.4, -0.2) is 36.2 Å². The van der Waals surface area contributed by atoms with Gasteiger partial charge in [0.2, 0.25) is 0 Å². The normalized spacial score (nSPS) is 16.7. The molecule has 0 heterocycles. The van der Waals surface area contributed by atoms with Crippen molar-refractivity contribution in [1.82, 2.24) is 4.90 Å². The summed E-state index contributed by atoms with van der Waals surface area (Å²) >= 11 is 0. The third-order valence-corrected chi connectivity index (χ3v) is 1.51. The van der Waals surface area contributed by atoms with Crippen molar-refractivity contribution in [2.24, 2.45) is 0 Å². The molecule has 0 fully saturated rings. The zero-order chi connectivity index (χ0) is 6.73. The van der Waals surface area contributed by atoms with Crippen LogP contribution < -0.4 is 0 Å². The summed E-state index contributed by atoms with van der Waals surface area (Å²) in [6.45, 7) is 3.79. The smallest absolute Gasteiger partial charge is 0.0664 e. The molecular formula is C6H16ClNO. The fourth-order valence-electron chi connectivity index (χ4n) is 0.431. The number of rotatable bonds is 2. The Kier molecular flexibility index (Phi) is 6.68. The molecule has 0 aromatic heterocycles. The van der Waals surface area contributed by atoms with Crippen molar-refractivity contribution < 1.29 is 5.11 Å². The minimum absolute atomic E-state index is 0. The second kappa shape index (κ2) is 5.03. The Labute approximate surface area is 63.3 Å². The van der Waals surface area contributed by atoms with Gasteiger partial charge in [0.25, 0.3) is 0 Å². The van der Waals surface area contributed by atoms with Crippen LogP contribution in [0.1, 0.15) is 13.8 Å². The summed E-state index contributed by atoms with van der Waals surface area (Å²) in [4.78, 5) is 1.99. The van der Waals surface area contributed by atoms with Gasteiger partial charge in [-0.15, -0.1) is 12.4 Å². The Bertz CT molecular complexity index is 58.1. The van der Waals surface area contributed by atoms with Gasteiger partial charge >= 0.3 is 0 Å². The lowest BCUT2D eigenvalue weighted by Crippen LogP contribution is -2.34. The van der Waals surface area contributed by atoms with Gasteiger partial charge in [0.1, 0.15) is 0 Å². The standard InChI is InChI=1S/C6H15NO.ClH/c1-5(6(2)8)7(3)4;/h5-6,8H,1-4H3;1H/t5-,6+;/m1./s1. The molecule has 0 radical (unpaired) electrons. The topological polar surface area (TPSA) is 23.5 Å². The third kappa shape index (κ3) is 4.70. The van der Waals surface area contributed by atoms with Gasteiger partial charge in [0, 0.05) is 6.04 Å². The summed E-state index contributed by atoms with van der Waals surface area (Å²) in [7, 11) is 3.91. The molecule has 0 aliphatic rings. The first-order valence-electron chi connectivity index (χ1n) is 2.90. The summed E-state index contributed by atoms with van der Waals surface area (Å²) in [5.41, 5.74) is 0. The predicted octanol–water partition coefficient (Wildman–Crippen LogP) is 0.739. The van der Waals surface area contributed by atoms with Gasteiger partial charge in [0.05, 0.1) is 6.10 Å². The van der Waals surface area contributed by atoms with E-state index in [1.165, 1.54) is 0 Å². The molecule has 0 amide bonds. The molecule has 0 spiro atoms. The zero-order valence-electron chi connectivity index (χ0n) is 6.46. The van der Waals surface area contributed by atoms with E-state index in [4.69, 9.17) is 5.11 Å². The second-order valence-corrected chi connectivity index (χ2v) is 2.44. The molecule has 0 saturated carbocycles. The average Bonchev–Trinajstić information content (AvgIpc) is 1.64. The summed E-state index contributed by atoms with van der Waals surface area (Å²) in [5, 5.41) is 8.95. The monoisotopic (exact) mass is 153 g/mol. The molecule has 2 nitrogen and oxygen atoms in total. The molecular weight excluding hydrogens is 138 g/mol. The van der Waals surface area contributed by atoms with Crippen molar-refractivity contribution in [3.63, 3.8) is 0 Å². The highest BCUT2D eigenvalue weighted by Crippen LogP contribution is 1.96. The van der Waals surface area contributed by atoms with E-state index < -0.39 is 0 Å². The molecule has 0 rings (SSSR count). The molecule has 0 unspecified atom stereocenters. The number of aliphatic hydroxyl groups is 1. The number of hydrogen-bond donors (Lipinski definition) is 1. The minimum Gasteiger partial charge on any atom is -0.392 e. The van der Waals surface area contributed by atoms with Crippen LogP contribution in [0.25, 0.3) is 0 Å². The van der Waals surface area contributed by atoms with Gasteiger partial charge in [-0.25, -0.2) is 0 Å². The van der Waals surface area contributed by atoms with Gasteiger partial charge in [0.15, 0.2) is 0 Å². The lowest BCUT2D eigenvalue weighted by Gasteiger charge is -2.21. The molecule has 1 N–H and O–H groups in total. The molecule has 3 heteroatoms. The number of nitrogens with zero attached hydrogens (tertiary/aromatic N) is 1. The van der Waals surface area contributed by atoms with Crippen LogP contribution in [0.2, 0.25) is 0 Å². The van der Waals surface area contributed by atoms with Crippen molar-refractivity contribution >= 4 is 12.4 Å². The first-order chi connectivity index (χ1) is 3.55. The highest BCUT2D eigenvalue weighted by molar-refractivity contribution is 5.85. The van der Waals surface area contributed by atoms with Crippen LogP contribution in [0.15, 0.2) is 0 Å². The molecule has 58 valence electrons. The van der Waals surface area contributed by atoms with Gasteiger partial charge in [-0.05, 0) is 27.9 Å². The van der Waals surface area contributed by atoms with Crippen LogP contribution in [0.5, 0.6) is 0 Å². The fourth-order valence-corrected chi connectivity index (χ4v) is 0.431. The molecule has 0 aliphatic heterocycles. The molecule has 0 aromatic rings. The zero-order valence-corrected chi connectivity index (χ0v) is 7.27. The molecule has 0 bridgehead atoms. The molecule has 9 heavy (non-hydrogen) atoms. The first-order valence-corrected chi connectivity index (χ1v) is 2.90. The van der Waals surface area contributed by atoms with Crippen LogP contribution in [0.4, 0.5) is 0 Å². The minimum atomic E-state index is -0.231. The van der Waals surface area contributed by atoms with Crippen LogP contribution in [0, 0.1) is 0 Å². The van der Waals surface area contributed by atoms with Crippen molar-refractivity contribution in [2.75, 3.05) is 14.1 Å². The summed E-state index contributed by atoms with van der Waals surface area (Å²) in [6, 6.07) is 0.259. The highest BCUT2D eigenvalue weighted by atomic mass is 35.5. The number of halogens is 1. The molecule has 0 aliphatic carbocycles. The lowest BCUT2D eigenvalue weighted by atomic mass is 10.2. The SMILES string of the molecule is C[C@H](O)[C@@H](C)N(C)C.Cl. The van der Waals surface area contributed by atoms with Crippen molar-refractivity contribution in [3.05, 3.63) is 0 Å². The quantitative estimate of drug-likeness (QED) is 0.633. The number of likely N-dealkylation sites (N-methyl/N-ethyl adjacent to an activating group) is 1. The van der Waals surface area contributed by atoms with Crippen LogP contribution in [0.3, 0.4) is 0 Å². The molecule has 2 atom stereocenters. The van der Waals surface area contributed by atoms with E-state index in [9.17, 15) is 0 Å². The Hall–Kier alpha value is 0.210. The Balaban J connectivity index is 0. The third-order valence-electron chi connectivity index (χ3n) is 1.51. The highest BCUT2D eigenvalue weighted by Gasteiger charge is 2.08. The van der Waals surface area contributed by atoms with Crippen molar-refractivity contribution in [3.8, 4) is 0 Å². The van der Waals surface area contributed by atoms with Gasteiger partial charge in [-0.2, -0.15) is 0 Å². The van der Waals surface area contributed by atoms with E-state index in [1.807, 2.05) is 25.9 Å². The van der Waals surface area contributed by atoms with Gasteiger partial charge in [-0.3, -0.25) is 0 Å². The number of hydrogen-bond acceptors (Lipinski definition) is 2. The summed E-state index contributed by atoms with van der Waals surface area (Å²) < 4.78 is 0. The average molecular weight is 154 g/mol. The maximum Gasteiger partial charge on any atom is 0.0664 e. The van der Waals surface area contributed by atoms with Gasteiger partial charge < -0.3 is 10.0 Å². The van der Waals surface area contributed by atoms with E-state index in [-0.39, 0.29) is 24.6 Å². The van der Waals surface area contributed by atoms with Crippen molar-refractivity contribution in [1.29, 1.82) is 0 Å². The molecule has 0 aromatic carbocycles. The predicted molar refractivity (Wildman–Crippen MR) is 42.1 cm³/mol. The Morgan fingerprint density at radius 2 is 1.56 bits per heavy atom. The van der Waals surface area contributed by atoms with Crippen LogP contribution >= 0.6 is 12.4 Å². The first kappa shape index (κ1) is 11.9. The fraction of sp³-hybridized carbons (Fsp3) is 1.00. The number of aliphatic hydroxyl groups excluding tert-OH is 1. The Morgan fingerprint density at radius 3 is 1.56 bits per heavy atom. The van der Waals surface area contributed by atoms with Gasteiger partial charge in [-0.1, -0.05) is 0 Å². The van der Waals surface area contributed by atoms with E-state index in [0.717, 1.165) is 0 Å². The lowest BCUT2D eigenvalue weighted by molar-refractivity contribution is 0.101. The van der Waals surface area contributed by atoms with E-state index in [1.54, 1.807) is 6.92 Å². The Morgan fingerprint density at radius 1 is 1.22 bits per heavy atom. The van der Waals surface area contributed by atoms with Crippen molar-refractivity contribution in [2.45, 2.75) is 26.0 Å². The van der Waals surface area contributed by atoms with E-state index >= 15 is 0 Å². The summed E-state index contributed by atoms with van der Waals surface area (Å²) in [6.07, 6.45) is -0.231. The summed E-state index contributed by atoms with van der Waals surface area (Å²) in [5.74, 6) is 0. The maximum absolute atomic E-state index is 8.95. The largest absolute Gasteiger partial charge is 0.392 e. The van der Waals surface area contributed by atoms with E-state index in [2.05, 4.69) is 0 Å². The maximum atomic E-state index is 8.95.